The van der Waals surface area contributed by atoms with Crippen molar-refractivity contribution >= 4 is 23.2 Å². The summed E-state index contributed by atoms with van der Waals surface area (Å²) in [5.41, 5.74) is 3.33. The molecule has 2 aromatic carbocycles. The van der Waals surface area contributed by atoms with Gasteiger partial charge in [0.25, 0.3) is 5.91 Å². The molecule has 29 heavy (non-hydrogen) atoms. The van der Waals surface area contributed by atoms with Gasteiger partial charge in [0.2, 0.25) is 5.95 Å². The molecule has 1 aromatic heterocycles. The SMILES string of the molecule is COc1ccc(NC(=O)c2cnc(N3CCCc4ccccc43)nc2)c(OC)c1. The molecule has 0 saturated heterocycles. The molecule has 0 saturated carbocycles. The molecule has 2 heterocycles. The van der Waals surface area contributed by atoms with E-state index >= 15 is 0 Å². The van der Waals surface area contributed by atoms with Crippen molar-refractivity contribution < 1.29 is 14.3 Å². The average Bonchev–Trinajstić information content (AvgIpc) is 2.79. The van der Waals surface area contributed by atoms with Crippen molar-refractivity contribution in [3.8, 4) is 11.5 Å². The maximum absolute atomic E-state index is 12.6. The van der Waals surface area contributed by atoms with E-state index in [1.165, 1.54) is 5.56 Å². The zero-order valence-corrected chi connectivity index (χ0v) is 16.4. The van der Waals surface area contributed by atoms with Gasteiger partial charge in [-0.05, 0) is 36.6 Å². The summed E-state index contributed by atoms with van der Waals surface area (Å²) >= 11 is 0. The Labute approximate surface area is 169 Å². The minimum absolute atomic E-state index is 0.306. The van der Waals surface area contributed by atoms with Crippen LogP contribution in [0.3, 0.4) is 0 Å². The number of carbonyl (C=O) groups is 1. The highest BCUT2D eigenvalue weighted by atomic mass is 16.5. The number of hydrogen-bond acceptors (Lipinski definition) is 6. The molecule has 1 amide bonds. The van der Waals surface area contributed by atoms with Gasteiger partial charge in [0.15, 0.2) is 0 Å². The van der Waals surface area contributed by atoms with Crippen molar-refractivity contribution in [1.29, 1.82) is 0 Å². The van der Waals surface area contributed by atoms with Gasteiger partial charge >= 0.3 is 0 Å². The maximum Gasteiger partial charge on any atom is 0.258 e. The number of aromatic nitrogens is 2. The highest BCUT2D eigenvalue weighted by Crippen LogP contribution is 2.31. The number of amides is 1. The molecule has 0 atom stereocenters. The van der Waals surface area contributed by atoms with E-state index in [1.54, 1.807) is 44.8 Å². The summed E-state index contributed by atoms with van der Waals surface area (Å²) in [4.78, 5) is 23.6. The number of methoxy groups -OCH3 is 2. The molecule has 7 nitrogen and oxygen atoms in total. The van der Waals surface area contributed by atoms with E-state index in [9.17, 15) is 4.79 Å². The molecule has 7 heteroatoms. The Morgan fingerprint density at radius 1 is 1.07 bits per heavy atom. The molecular weight excluding hydrogens is 368 g/mol. The van der Waals surface area contributed by atoms with Gasteiger partial charge in [-0.1, -0.05) is 18.2 Å². The van der Waals surface area contributed by atoms with Crippen LogP contribution in [0.1, 0.15) is 22.3 Å². The highest BCUT2D eigenvalue weighted by molar-refractivity contribution is 6.04. The lowest BCUT2D eigenvalue weighted by atomic mass is 10.0. The zero-order chi connectivity index (χ0) is 20.2. The number of fused-ring (bicyclic) bond motifs is 1. The fourth-order valence-electron chi connectivity index (χ4n) is 3.42. The number of para-hydroxylation sites is 1. The van der Waals surface area contributed by atoms with Crippen molar-refractivity contribution in [2.75, 3.05) is 31.0 Å². The van der Waals surface area contributed by atoms with E-state index in [0.717, 1.165) is 25.1 Å². The van der Waals surface area contributed by atoms with Gasteiger partial charge in [-0.3, -0.25) is 4.79 Å². The van der Waals surface area contributed by atoms with Crippen LogP contribution >= 0.6 is 0 Å². The fraction of sp³-hybridized carbons (Fsp3) is 0.227. The summed E-state index contributed by atoms with van der Waals surface area (Å²) in [6.07, 6.45) is 5.19. The molecule has 1 aliphatic heterocycles. The molecule has 0 spiro atoms. The van der Waals surface area contributed by atoms with Crippen molar-refractivity contribution in [3.05, 3.63) is 66.0 Å². The predicted octanol–water partition coefficient (Wildman–Crippen LogP) is 3.83. The van der Waals surface area contributed by atoms with Gasteiger partial charge in [0.05, 0.1) is 25.5 Å². The smallest absolute Gasteiger partial charge is 0.258 e. The molecule has 1 N–H and O–H groups in total. The molecular formula is C22H22N4O3. The normalized spacial score (nSPS) is 12.8. The van der Waals surface area contributed by atoms with Gasteiger partial charge < -0.3 is 19.7 Å². The van der Waals surface area contributed by atoms with Gasteiger partial charge in [0.1, 0.15) is 11.5 Å². The second kappa shape index (κ2) is 8.18. The van der Waals surface area contributed by atoms with Crippen LogP contribution in [0.15, 0.2) is 54.9 Å². The summed E-state index contributed by atoms with van der Waals surface area (Å²) in [5, 5.41) is 2.83. The van der Waals surface area contributed by atoms with Crippen molar-refractivity contribution in [1.82, 2.24) is 9.97 Å². The first-order valence-electron chi connectivity index (χ1n) is 9.40. The molecule has 0 fully saturated rings. The Balaban J connectivity index is 1.52. The quantitative estimate of drug-likeness (QED) is 0.714. The number of rotatable bonds is 5. The maximum atomic E-state index is 12.6. The van der Waals surface area contributed by atoms with Crippen molar-refractivity contribution in [2.45, 2.75) is 12.8 Å². The Bertz CT molecular complexity index is 1020. The largest absolute Gasteiger partial charge is 0.497 e. The molecule has 148 valence electrons. The highest BCUT2D eigenvalue weighted by Gasteiger charge is 2.20. The predicted molar refractivity (Wildman–Crippen MR) is 111 cm³/mol. The first kappa shape index (κ1) is 18.7. The monoisotopic (exact) mass is 390 g/mol. The first-order chi connectivity index (χ1) is 14.2. The third kappa shape index (κ3) is 3.85. The molecule has 0 bridgehead atoms. The molecule has 1 aliphatic rings. The third-order valence-corrected chi connectivity index (χ3v) is 4.91. The molecule has 0 aliphatic carbocycles. The van der Waals surface area contributed by atoms with Crippen molar-refractivity contribution in [3.63, 3.8) is 0 Å². The van der Waals surface area contributed by atoms with Crippen LogP contribution in [0.5, 0.6) is 11.5 Å². The number of anilines is 3. The van der Waals surface area contributed by atoms with Crippen LogP contribution in [-0.2, 0) is 6.42 Å². The lowest BCUT2D eigenvalue weighted by Crippen LogP contribution is -2.26. The minimum Gasteiger partial charge on any atom is -0.497 e. The lowest BCUT2D eigenvalue weighted by Gasteiger charge is -2.29. The van der Waals surface area contributed by atoms with E-state index < -0.39 is 0 Å². The van der Waals surface area contributed by atoms with Gasteiger partial charge in [-0.25, -0.2) is 9.97 Å². The molecule has 3 aromatic rings. The van der Waals surface area contributed by atoms with Crippen LogP contribution in [0.2, 0.25) is 0 Å². The Morgan fingerprint density at radius 3 is 2.62 bits per heavy atom. The van der Waals surface area contributed by atoms with Crippen molar-refractivity contribution in [2.24, 2.45) is 0 Å². The number of nitrogens with zero attached hydrogens (tertiary/aromatic N) is 3. The van der Waals surface area contributed by atoms with Crippen LogP contribution < -0.4 is 19.7 Å². The average molecular weight is 390 g/mol. The molecule has 4 rings (SSSR count). The van der Waals surface area contributed by atoms with Gasteiger partial charge in [-0.15, -0.1) is 0 Å². The topological polar surface area (TPSA) is 76.6 Å². The Morgan fingerprint density at radius 2 is 1.86 bits per heavy atom. The second-order valence-corrected chi connectivity index (χ2v) is 6.68. The fourth-order valence-corrected chi connectivity index (χ4v) is 3.42. The van der Waals surface area contributed by atoms with E-state index in [1.807, 2.05) is 12.1 Å². The first-order valence-corrected chi connectivity index (χ1v) is 9.40. The van der Waals surface area contributed by atoms with E-state index in [4.69, 9.17) is 9.47 Å². The van der Waals surface area contributed by atoms with E-state index in [0.29, 0.717) is 28.7 Å². The summed E-state index contributed by atoms with van der Waals surface area (Å²) in [6.45, 7) is 0.853. The van der Waals surface area contributed by atoms with Crippen LogP contribution in [0, 0.1) is 0 Å². The van der Waals surface area contributed by atoms with Crippen LogP contribution in [-0.4, -0.2) is 36.6 Å². The van der Waals surface area contributed by atoms with Gasteiger partial charge in [-0.2, -0.15) is 0 Å². The summed E-state index contributed by atoms with van der Waals surface area (Å²) in [6, 6.07) is 13.5. The molecule has 0 radical (unpaired) electrons. The third-order valence-electron chi connectivity index (χ3n) is 4.91. The van der Waals surface area contributed by atoms with Crippen LogP contribution in [0.4, 0.5) is 17.3 Å². The minimum atomic E-state index is -0.306. The summed E-state index contributed by atoms with van der Waals surface area (Å²) in [7, 11) is 3.12. The van der Waals surface area contributed by atoms with Gasteiger partial charge in [0, 0.05) is 30.7 Å². The van der Waals surface area contributed by atoms with Crippen LogP contribution in [0.25, 0.3) is 0 Å². The second-order valence-electron chi connectivity index (χ2n) is 6.68. The number of aryl methyl sites for hydroxylation is 1. The standard InChI is InChI=1S/C22H22N4O3/c1-28-17-9-10-18(20(12-17)29-2)25-21(27)16-13-23-22(24-14-16)26-11-5-7-15-6-3-4-8-19(15)26/h3-4,6,8-10,12-14H,5,7,11H2,1-2H3,(H,25,27). The van der Waals surface area contributed by atoms with E-state index in [-0.39, 0.29) is 5.91 Å². The number of ether oxygens (including phenoxy) is 2. The number of benzene rings is 2. The number of nitrogens with one attached hydrogen (secondary N) is 1. The lowest BCUT2D eigenvalue weighted by molar-refractivity contribution is 0.102. The number of carbonyl (C=O) groups excluding carboxylic acids is 1. The molecule has 0 unspecified atom stereocenters. The zero-order valence-electron chi connectivity index (χ0n) is 16.4. The Kier molecular flexibility index (Phi) is 5.29. The summed E-state index contributed by atoms with van der Waals surface area (Å²) < 4.78 is 10.5. The number of hydrogen-bond donors (Lipinski definition) is 1. The summed E-state index contributed by atoms with van der Waals surface area (Å²) in [5.74, 6) is 1.45. The Hall–Kier alpha value is -3.61. The van der Waals surface area contributed by atoms with E-state index in [2.05, 4.69) is 32.3 Å².